The summed E-state index contributed by atoms with van der Waals surface area (Å²) in [5.41, 5.74) is -0.595. The molecule has 1 aliphatic carbocycles. The third-order valence-corrected chi connectivity index (χ3v) is 6.40. The summed E-state index contributed by atoms with van der Waals surface area (Å²) in [6.07, 6.45) is 0.625. The second kappa shape index (κ2) is 5.63. The highest BCUT2D eigenvalue weighted by atomic mass is 32.2. The molecule has 0 heterocycles. The second-order valence-corrected chi connectivity index (χ2v) is 8.67. The van der Waals surface area contributed by atoms with Crippen LogP contribution < -0.4 is 4.72 Å². The molecule has 0 amide bonds. The van der Waals surface area contributed by atoms with Crippen molar-refractivity contribution in [2.24, 2.45) is 5.41 Å². The molecule has 2 aromatic carbocycles. The maximum atomic E-state index is 14.3. The molecule has 1 unspecified atom stereocenters. The van der Waals surface area contributed by atoms with E-state index in [4.69, 9.17) is 0 Å². The van der Waals surface area contributed by atoms with E-state index in [2.05, 4.69) is 4.72 Å². The Morgan fingerprint density at radius 2 is 1.71 bits per heavy atom. The third-order valence-electron chi connectivity index (χ3n) is 4.98. The lowest BCUT2D eigenvalue weighted by Crippen LogP contribution is -2.35. The summed E-state index contributed by atoms with van der Waals surface area (Å²) < 4.78 is 54.9. The van der Waals surface area contributed by atoms with Crippen LogP contribution in [0, 0.1) is 17.0 Å². The monoisotopic (exact) mass is 351 g/mol. The van der Waals surface area contributed by atoms with Crippen molar-refractivity contribution < 1.29 is 17.2 Å². The molecule has 6 heteroatoms. The average Bonchev–Trinajstić information content (AvgIpc) is 3.09. The lowest BCUT2D eigenvalue weighted by atomic mass is 9.87. The molecule has 1 saturated carbocycles. The highest BCUT2D eigenvalue weighted by Gasteiger charge is 2.62. The van der Waals surface area contributed by atoms with Crippen molar-refractivity contribution >= 4 is 10.0 Å². The van der Waals surface area contributed by atoms with Crippen LogP contribution in [0.1, 0.15) is 25.8 Å². The Bertz CT molecular complexity index is 866. The maximum Gasteiger partial charge on any atom is 0.240 e. The van der Waals surface area contributed by atoms with E-state index < -0.39 is 27.1 Å². The number of benzene rings is 2. The minimum Gasteiger partial charge on any atom is -0.210 e. The summed E-state index contributed by atoms with van der Waals surface area (Å²) in [6, 6.07) is 11.5. The summed E-state index contributed by atoms with van der Waals surface area (Å²) in [5.74, 6) is -1.28. The van der Waals surface area contributed by atoms with Crippen molar-refractivity contribution in [1.29, 1.82) is 0 Å². The maximum absolute atomic E-state index is 14.3. The summed E-state index contributed by atoms with van der Waals surface area (Å²) in [5, 5.41) is 0. The Morgan fingerprint density at radius 3 is 2.25 bits per heavy atom. The van der Waals surface area contributed by atoms with Gasteiger partial charge in [0.25, 0.3) is 0 Å². The Labute approximate surface area is 140 Å². The fourth-order valence-corrected chi connectivity index (χ4v) is 4.46. The van der Waals surface area contributed by atoms with Crippen LogP contribution in [0.4, 0.5) is 8.78 Å². The number of sulfonamides is 1. The molecule has 0 bridgehead atoms. The van der Waals surface area contributed by atoms with Crippen molar-refractivity contribution in [2.45, 2.75) is 30.6 Å². The number of hydrogen-bond donors (Lipinski definition) is 1. The number of nitrogens with one attached hydrogen (secondary N) is 1. The SMILES string of the molecule is CC1(C)CC1(CNS(=O)(=O)c1ccccc1)c1ccc(F)cc1F. The highest BCUT2D eigenvalue weighted by Crippen LogP contribution is 2.64. The van der Waals surface area contributed by atoms with Gasteiger partial charge in [0.2, 0.25) is 10.0 Å². The van der Waals surface area contributed by atoms with Gasteiger partial charge >= 0.3 is 0 Å². The molecule has 0 spiro atoms. The zero-order valence-corrected chi connectivity index (χ0v) is 14.3. The van der Waals surface area contributed by atoms with Gasteiger partial charge < -0.3 is 0 Å². The van der Waals surface area contributed by atoms with Crippen molar-refractivity contribution in [3.63, 3.8) is 0 Å². The lowest BCUT2D eigenvalue weighted by Gasteiger charge is -2.22. The standard InChI is InChI=1S/C18H19F2NO2S/c1-17(2)11-18(17,15-9-8-13(19)10-16(15)20)12-21-24(22,23)14-6-4-3-5-7-14/h3-10,21H,11-12H2,1-2H3. The van der Waals surface area contributed by atoms with Crippen molar-refractivity contribution in [3.8, 4) is 0 Å². The van der Waals surface area contributed by atoms with Gasteiger partial charge in [0.05, 0.1) is 4.90 Å². The predicted octanol–water partition coefficient (Wildman–Crippen LogP) is 3.61. The molecule has 0 saturated heterocycles. The smallest absolute Gasteiger partial charge is 0.210 e. The van der Waals surface area contributed by atoms with Crippen molar-refractivity contribution in [3.05, 3.63) is 65.7 Å². The fourth-order valence-electron chi connectivity index (χ4n) is 3.35. The Hall–Kier alpha value is -1.79. The first-order chi connectivity index (χ1) is 11.2. The summed E-state index contributed by atoms with van der Waals surface area (Å²) >= 11 is 0. The molecule has 0 aromatic heterocycles. The molecule has 0 aliphatic heterocycles. The van der Waals surface area contributed by atoms with Crippen LogP contribution in [0.2, 0.25) is 0 Å². The van der Waals surface area contributed by atoms with E-state index in [0.29, 0.717) is 12.0 Å². The van der Waals surface area contributed by atoms with Gasteiger partial charge in [-0.05, 0) is 35.6 Å². The van der Waals surface area contributed by atoms with E-state index >= 15 is 0 Å². The van der Waals surface area contributed by atoms with Crippen LogP contribution in [0.3, 0.4) is 0 Å². The van der Waals surface area contributed by atoms with E-state index in [9.17, 15) is 17.2 Å². The third kappa shape index (κ3) is 2.84. The van der Waals surface area contributed by atoms with Crippen LogP contribution in [0.15, 0.2) is 53.4 Å². The highest BCUT2D eigenvalue weighted by molar-refractivity contribution is 7.89. The molecule has 1 aliphatic rings. The average molecular weight is 351 g/mol. The molecule has 0 radical (unpaired) electrons. The molecule has 1 N–H and O–H groups in total. The lowest BCUT2D eigenvalue weighted by molar-refractivity contribution is 0.459. The number of hydrogen-bond acceptors (Lipinski definition) is 2. The van der Waals surface area contributed by atoms with E-state index in [0.717, 1.165) is 6.07 Å². The van der Waals surface area contributed by atoms with Crippen molar-refractivity contribution in [1.82, 2.24) is 4.72 Å². The van der Waals surface area contributed by atoms with Gasteiger partial charge in [0.15, 0.2) is 0 Å². The zero-order chi connectivity index (χ0) is 17.6. The largest absolute Gasteiger partial charge is 0.240 e. The Kier molecular flexibility index (Phi) is 4.00. The zero-order valence-electron chi connectivity index (χ0n) is 13.5. The first-order valence-electron chi connectivity index (χ1n) is 7.68. The van der Waals surface area contributed by atoms with Gasteiger partial charge in [-0.2, -0.15) is 0 Å². The second-order valence-electron chi connectivity index (χ2n) is 6.90. The number of rotatable bonds is 5. The Morgan fingerprint density at radius 1 is 1.08 bits per heavy atom. The van der Waals surface area contributed by atoms with Gasteiger partial charge in [-0.1, -0.05) is 38.1 Å². The minimum atomic E-state index is -3.68. The van der Waals surface area contributed by atoms with Crippen LogP contribution >= 0.6 is 0 Å². The molecule has 128 valence electrons. The summed E-state index contributed by atoms with van der Waals surface area (Å²) in [6.45, 7) is 3.97. The van der Waals surface area contributed by atoms with Gasteiger partial charge in [-0.25, -0.2) is 21.9 Å². The fraction of sp³-hybridized carbons (Fsp3) is 0.333. The van der Waals surface area contributed by atoms with E-state index in [1.165, 1.54) is 24.3 Å². The topological polar surface area (TPSA) is 46.2 Å². The molecule has 1 fully saturated rings. The molecule has 1 atom stereocenters. The van der Waals surface area contributed by atoms with Gasteiger partial charge in [-0.3, -0.25) is 0 Å². The van der Waals surface area contributed by atoms with Gasteiger partial charge in [0, 0.05) is 18.0 Å². The molecule has 3 rings (SSSR count). The molecule has 24 heavy (non-hydrogen) atoms. The first-order valence-corrected chi connectivity index (χ1v) is 9.17. The number of halogens is 2. The van der Waals surface area contributed by atoms with E-state index in [1.807, 2.05) is 13.8 Å². The predicted molar refractivity (Wildman–Crippen MR) is 88.1 cm³/mol. The van der Waals surface area contributed by atoms with Crippen LogP contribution in [0.5, 0.6) is 0 Å². The molecular weight excluding hydrogens is 332 g/mol. The normalized spacial score (nSPS) is 22.3. The van der Waals surface area contributed by atoms with Crippen LogP contribution in [-0.2, 0) is 15.4 Å². The molecule has 2 aromatic rings. The van der Waals surface area contributed by atoms with E-state index in [1.54, 1.807) is 18.2 Å². The summed E-state index contributed by atoms with van der Waals surface area (Å²) in [4.78, 5) is 0.165. The quantitative estimate of drug-likeness (QED) is 0.894. The van der Waals surface area contributed by atoms with E-state index in [-0.39, 0.29) is 16.9 Å². The van der Waals surface area contributed by atoms with Crippen LogP contribution in [0.25, 0.3) is 0 Å². The molecule has 3 nitrogen and oxygen atoms in total. The Balaban J connectivity index is 1.89. The van der Waals surface area contributed by atoms with Gasteiger partial charge in [0.1, 0.15) is 11.6 Å². The van der Waals surface area contributed by atoms with Crippen LogP contribution in [-0.4, -0.2) is 15.0 Å². The van der Waals surface area contributed by atoms with Crippen molar-refractivity contribution in [2.75, 3.05) is 6.54 Å². The van der Waals surface area contributed by atoms with Gasteiger partial charge in [-0.15, -0.1) is 0 Å². The minimum absolute atomic E-state index is 0.0692. The summed E-state index contributed by atoms with van der Waals surface area (Å²) in [7, 11) is -3.68. The first kappa shape index (κ1) is 17.0. The molecular formula is C18H19F2NO2S.